The van der Waals surface area contributed by atoms with E-state index in [1.165, 1.54) is 0 Å². The Morgan fingerprint density at radius 3 is 2.53 bits per heavy atom. The molecule has 0 atom stereocenters. The molecule has 1 N–H and O–H groups in total. The number of fused-ring (bicyclic) bond motifs is 1. The second-order valence-electron chi connectivity index (χ2n) is 6.68. The smallest absolute Gasteiger partial charge is 0.230 e. The van der Waals surface area contributed by atoms with Gasteiger partial charge < -0.3 is 9.52 Å². The Labute approximate surface area is 185 Å². The minimum Gasteiger partial charge on any atom is -0.508 e. The van der Waals surface area contributed by atoms with Gasteiger partial charge in [-0.25, -0.2) is 9.98 Å². The molecule has 0 radical (unpaired) electrons. The number of para-hydroxylation sites is 1. The van der Waals surface area contributed by atoms with Crippen LogP contribution in [0.5, 0.6) is 5.75 Å². The van der Waals surface area contributed by atoms with E-state index in [9.17, 15) is 5.11 Å². The van der Waals surface area contributed by atoms with E-state index in [4.69, 9.17) is 14.4 Å². The van der Waals surface area contributed by atoms with Crippen LogP contribution in [0.4, 0.5) is 5.69 Å². The molecule has 5 rings (SSSR count). The van der Waals surface area contributed by atoms with E-state index in [0.29, 0.717) is 11.1 Å². The predicted octanol–water partition coefficient (Wildman–Crippen LogP) is 6.92. The van der Waals surface area contributed by atoms with Gasteiger partial charge in [-0.05, 0) is 42.5 Å². The average molecular weight is 475 g/mol. The lowest BCUT2D eigenvalue weighted by atomic mass is 10.1. The first kappa shape index (κ1) is 18.8. The minimum atomic E-state index is 0.149. The third kappa shape index (κ3) is 3.79. The van der Waals surface area contributed by atoms with Gasteiger partial charge in [0.25, 0.3) is 0 Å². The first-order valence-electron chi connectivity index (χ1n) is 9.24. The Hall–Kier alpha value is -3.22. The summed E-state index contributed by atoms with van der Waals surface area (Å²) in [5.74, 6) is 0.149. The number of phenols is 1. The molecule has 0 aliphatic heterocycles. The number of benzene rings is 3. The van der Waals surface area contributed by atoms with Crippen LogP contribution in [0.2, 0.25) is 0 Å². The van der Waals surface area contributed by atoms with E-state index < -0.39 is 0 Å². The van der Waals surface area contributed by atoms with Gasteiger partial charge in [0.05, 0.1) is 16.9 Å². The molecular weight excluding hydrogens is 460 g/mol. The van der Waals surface area contributed by atoms with Gasteiger partial charge in [-0.1, -0.05) is 46.3 Å². The molecule has 0 aliphatic rings. The topological polar surface area (TPSA) is 58.6 Å². The molecule has 6 heteroatoms. The van der Waals surface area contributed by atoms with E-state index in [2.05, 4.69) is 15.9 Å². The monoisotopic (exact) mass is 474 g/mol. The quantitative estimate of drug-likeness (QED) is 0.308. The van der Waals surface area contributed by atoms with Crippen molar-refractivity contribution in [2.24, 2.45) is 4.99 Å². The molecule has 0 amide bonds. The summed E-state index contributed by atoms with van der Waals surface area (Å²) in [6, 6.07) is 24.8. The highest BCUT2D eigenvalue weighted by Gasteiger charge is 2.13. The summed E-state index contributed by atoms with van der Waals surface area (Å²) in [4.78, 5) is 9.54. The molecule has 0 saturated heterocycles. The number of hydrogen-bond donors (Lipinski definition) is 1. The average Bonchev–Trinajstić information content (AvgIpc) is 3.24. The number of halogens is 1. The predicted molar refractivity (Wildman–Crippen MR) is 124 cm³/mol. The van der Waals surface area contributed by atoms with Gasteiger partial charge in [-0.15, -0.1) is 11.3 Å². The van der Waals surface area contributed by atoms with E-state index in [-0.39, 0.29) is 5.75 Å². The summed E-state index contributed by atoms with van der Waals surface area (Å²) in [6.45, 7) is 0. The van der Waals surface area contributed by atoms with Crippen molar-refractivity contribution in [1.82, 2.24) is 4.98 Å². The molecule has 0 fully saturated rings. The van der Waals surface area contributed by atoms with E-state index >= 15 is 0 Å². The maximum Gasteiger partial charge on any atom is 0.230 e. The fourth-order valence-corrected chi connectivity index (χ4v) is 4.21. The minimum absolute atomic E-state index is 0.149. The van der Waals surface area contributed by atoms with Gasteiger partial charge in [0, 0.05) is 26.9 Å². The number of rotatable bonds is 3. The van der Waals surface area contributed by atoms with E-state index in [1.807, 2.05) is 72.1 Å². The molecule has 146 valence electrons. The van der Waals surface area contributed by atoms with Crippen LogP contribution in [0.25, 0.3) is 32.8 Å². The molecule has 0 spiro atoms. The second kappa shape index (κ2) is 7.89. The number of phenolic OH excluding ortho intramolecular Hbond substituents is 1. The van der Waals surface area contributed by atoms with Crippen molar-refractivity contribution in [3.63, 3.8) is 0 Å². The lowest BCUT2D eigenvalue weighted by Crippen LogP contribution is -2.05. The molecule has 0 saturated carbocycles. The van der Waals surface area contributed by atoms with Crippen LogP contribution in [0.1, 0.15) is 0 Å². The highest BCUT2D eigenvalue weighted by Crippen LogP contribution is 2.30. The van der Waals surface area contributed by atoms with Crippen LogP contribution < -0.4 is 5.55 Å². The maximum atomic E-state index is 9.84. The summed E-state index contributed by atoms with van der Waals surface area (Å²) < 4.78 is 7.13. The summed E-state index contributed by atoms with van der Waals surface area (Å²) in [6.07, 6.45) is 0. The van der Waals surface area contributed by atoms with Gasteiger partial charge in [0.1, 0.15) is 16.3 Å². The Morgan fingerprint density at radius 1 is 0.933 bits per heavy atom. The maximum absolute atomic E-state index is 9.84. The van der Waals surface area contributed by atoms with Crippen molar-refractivity contribution < 1.29 is 9.52 Å². The highest BCUT2D eigenvalue weighted by atomic mass is 79.9. The number of hydrogen-bond acceptors (Lipinski definition) is 5. The van der Waals surface area contributed by atoms with Gasteiger partial charge in [0.2, 0.25) is 5.55 Å². The highest BCUT2D eigenvalue weighted by molar-refractivity contribution is 9.10. The molecule has 0 bridgehead atoms. The number of thiazole rings is 1. The zero-order valence-electron chi connectivity index (χ0n) is 15.6. The number of nitrogens with zero attached hydrogens (tertiary/aromatic N) is 2. The zero-order chi connectivity index (χ0) is 20.5. The molecule has 2 aromatic heterocycles. The molecule has 3 aromatic carbocycles. The van der Waals surface area contributed by atoms with Crippen LogP contribution >= 0.6 is 27.3 Å². The van der Waals surface area contributed by atoms with E-state index in [1.54, 1.807) is 23.5 Å². The molecular formula is C24H15BrN2O2S. The Kier molecular flexibility index (Phi) is 4.94. The fraction of sp³-hybridized carbons (Fsp3) is 0. The molecule has 2 heterocycles. The van der Waals surface area contributed by atoms with Gasteiger partial charge in [-0.2, -0.15) is 0 Å². The fourth-order valence-electron chi connectivity index (χ4n) is 3.11. The lowest BCUT2D eigenvalue weighted by molar-refractivity contribution is 0.472. The van der Waals surface area contributed by atoms with Crippen molar-refractivity contribution in [2.75, 3.05) is 0 Å². The molecule has 4 nitrogen and oxygen atoms in total. The number of aromatic hydroxyl groups is 1. The summed E-state index contributed by atoms with van der Waals surface area (Å²) in [5.41, 5.74) is 4.56. The second-order valence-corrected chi connectivity index (χ2v) is 8.45. The van der Waals surface area contributed by atoms with Gasteiger partial charge >= 0.3 is 0 Å². The van der Waals surface area contributed by atoms with Crippen LogP contribution in [-0.4, -0.2) is 10.1 Å². The van der Waals surface area contributed by atoms with Crippen molar-refractivity contribution in [2.45, 2.75) is 0 Å². The van der Waals surface area contributed by atoms with Crippen molar-refractivity contribution >= 4 is 43.9 Å². The third-order valence-corrected chi connectivity index (χ3v) is 6.00. The summed E-state index contributed by atoms with van der Waals surface area (Å²) in [7, 11) is 0. The Balaban J connectivity index is 1.70. The molecule has 5 aromatic rings. The van der Waals surface area contributed by atoms with Crippen LogP contribution in [0.3, 0.4) is 0 Å². The summed E-state index contributed by atoms with van der Waals surface area (Å²) >= 11 is 5.01. The zero-order valence-corrected chi connectivity index (χ0v) is 18.0. The first-order valence-corrected chi connectivity index (χ1v) is 10.9. The molecule has 30 heavy (non-hydrogen) atoms. The van der Waals surface area contributed by atoms with Crippen molar-refractivity contribution in [1.29, 1.82) is 0 Å². The first-order chi connectivity index (χ1) is 14.7. The largest absolute Gasteiger partial charge is 0.508 e. The third-order valence-electron chi connectivity index (χ3n) is 4.60. The van der Waals surface area contributed by atoms with Gasteiger partial charge in [-0.3, -0.25) is 0 Å². The van der Waals surface area contributed by atoms with Crippen molar-refractivity contribution in [3.05, 3.63) is 94.3 Å². The van der Waals surface area contributed by atoms with Crippen LogP contribution in [0, 0.1) is 0 Å². The number of aromatic nitrogens is 1. The molecule has 0 unspecified atom stereocenters. The SMILES string of the molecule is Oc1ccc2cc(-c3nc(-c4ccc(Br)cc4)cs3)c(=Nc3ccccc3)oc2c1. The Morgan fingerprint density at radius 2 is 1.73 bits per heavy atom. The summed E-state index contributed by atoms with van der Waals surface area (Å²) in [5, 5.41) is 13.6. The normalized spacial score (nSPS) is 11.8. The van der Waals surface area contributed by atoms with Gasteiger partial charge in [0.15, 0.2) is 0 Å². The lowest BCUT2D eigenvalue weighted by Gasteiger charge is -2.03. The molecule has 0 aliphatic carbocycles. The van der Waals surface area contributed by atoms with Crippen LogP contribution in [0.15, 0.2) is 98.1 Å². The van der Waals surface area contributed by atoms with Crippen molar-refractivity contribution in [3.8, 4) is 27.6 Å². The van der Waals surface area contributed by atoms with E-state index in [0.717, 1.165) is 37.4 Å². The standard InChI is InChI=1S/C24H15BrN2O2S/c25-17-9-6-15(7-10-17)21-14-30-24(27-21)20-12-16-8-11-19(28)13-22(16)29-23(20)26-18-4-2-1-3-5-18/h1-14,28H. The van der Waals surface area contributed by atoms with Crippen LogP contribution in [-0.2, 0) is 0 Å². The Bertz CT molecular complexity index is 1410.